The van der Waals surface area contributed by atoms with Crippen LogP contribution in [0.4, 0.5) is 0 Å². The lowest BCUT2D eigenvalue weighted by atomic mass is 10.2. The summed E-state index contributed by atoms with van der Waals surface area (Å²) in [6, 6.07) is 0.591. The van der Waals surface area contributed by atoms with Gasteiger partial charge in [0.05, 0.1) is 12.6 Å². The Hall–Kier alpha value is -0.610. The number of hydrogen-bond donors (Lipinski definition) is 1. The van der Waals surface area contributed by atoms with Crippen molar-refractivity contribution >= 4 is 5.91 Å². The first-order chi connectivity index (χ1) is 5.83. The second kappa shape index (κ2) is 3.03. The highest BCUT2D eigenvalue weighted by Gasteiger charge is 2.38. The summed E-state index contributed by atoms with van der Waals surface area (Å²) in [6.45, 7) is 1.37. The van der Waals surface area contributed by atoms with Crippen molar-refractivity contribution in [3.05, 3.63) is 0 Å². The van der Waals surface area contributed by atoms with Crippen molar-refractivity contribution in [2.75, 3.05) is 19.8 Å². The van der Waals surface area contributed by atoms with Gasteiger partial charge < -0.3 is 15.4 Å². The lowest BCUT2D eigenvalue weighted by Crippen LogP contribution is -2.53. The van der Waals surface area contributed by atoms with Crippen molar-refractivity contribution in [3.63, 3.8) is 0 Å². The Morgan fingerprint density at radius 2 is 2.33 bits per heavy atom. The standard InChI is InChI=1S/C8H14N2O2/c9-3-7-4-12-5-8(11)10(7)6-1-2-6/h6-7H,1-5,9H2. The quantitative estimate of drug-likeness (QED) is 0.598. The Labute approximate surface area is 71.7 Å². The van der Waals surface area contributed by atoms with Gasteiger partial charge >= 0.3 is 0 Å². The molecule has 0 bridgehead atoms. The van der Waals surface area contributed by atoms with Crippen LogP contribution < -0.4 is 5.73 Å². The van der Waals surface area contributed by atoms with Gasteiger partial charge in [0.25, 0.3) is 0 Å². The first-order valence-electron chi connectivity index (χ1n) is 4.42. The Balaban J connectivity index is 2.05. The average molecular weight is 170 g/mol. The molecule has 4 heteroatoms. The van der Waals surface area contributed by atoms with Crippen LogP contribution >= 0.6 is 0 Å². The van der Waals surface area contributed by atoms with Crippen LogP contribution in [-0.2, 0) is 9.53 Å². The predicted molar refractivity (Wildman–Crippen MR) is 43.5 cm³/mol. The summed E-state index contributed by atoms with van der Waals surface area (Å²) in [5.41, 5.74) is 5.55. The third-order valence-corrected chi connectivity index (χ3v) is 2.43. The predicted octanol–water partition coefficient (Wildman–Crippen LogP) is -0.665. The summed E-state index contributed by atoms with van der Waals surface area (Å²) in [5.74, 6) is 0.110. The van der Waals surface area contributed by atoms with E-state index in [9.17, 15) is 4.79 Å². The van der Waals surface area contributed by atoms with Crippen molar-refractivity contribution in [2.45, 2.75) is 24.9 Å². The Kier molecular flexibility index (Phi) is 2.02. The van der Waals surface area contributed by atoms with Crippen molar-refractivity contribution < 1.29 is 9.53 Å². The fourth-order valence-corrected chi connectivity index (χ4v) is 1.68. The number of morpholine rings is 1. The topological polar surface area (TPSA) is 55.6 Å². The Morgan fingerprint density at radius 1 is 1.58 bits per heavy atom. The molecule has 0 aromatic carbocycles. The zero-order valence-corrected chi connectivity index (χ0v) is 7.03. The molecule has 1 aliphatic carbocycles. The molecular formula is C8H14N2O2. The van der Waals surface area contributed by atoms with Crippen LogP contribution in [0.15, 0.2) is 0 Å². The van der Waals surface area contributed by atoms with E-state index in [2.05, 4.69) is 0 Å². The van der Waals surface area contributed by atoms with Gasteiger partial charge in [-0.15, -0.1) is 0 Å². The SMILES string of the molecule is NCC1COCC(=O)N1C1CC1. The first-order valence-corrected chi connectivity index (χ1v) is 4.42. The summed E-state index contributed by atoms with van der Waals surface area (Å²) >= 11 is 0. The largest absolute Gasteiger partial charge is 0.369 e. The molecule has 1 aliphatic heterocycles. The molecule has 2 aliphatic rings. The monoisotopic (exact) mass is 170 g/mol. The van der Waals surface area contributed by atoms with Crippen LogP contribution in [0.5, 0.6) is 0 Å². The molecule has 12 heavy (non-hydrogen) atoms. The molecule has 2 N–H and O–H groups in total. The molecule has 1 saturated heterocycles. The molecule has 1 atom stereocenters. The maximum atomic E-state index is 11.4. The molecule has 1 saturated carbocycles. The van der Waals surface area contributed by atoms with E-state index < -0.39 is 0 Å². The number of carbonyl (C=O) groups excluding carboxylic acids is 1. The zero-order chi connectivity index (χ0) is 8.55. The van der Waals surface area contributed by atoms with Gasteiger partial charge in [0.2, 0.25) is 5.91 Å². The first kappa shape index (κ1) is 8.01. The number of rotatable bonds is 2. The molecule has 1 unspecified atom stereocenters. The molecular weight excluding hydrogens is 156 g/mol. The van der Waals surface area contributed by atoms with E-state index in [0.29, 0.717) is 19.2 Å². The number of hydrogen-bond acceptors (Lipinski definition) is 3. The number of ether oxygens (including phenoxy) is 1. The fraction of sp³-hybridized carbons (Fsp3) is 0.875. The second-order valence-electron chi connectivity index (χ2n) is 3.44. The molecule has 2 rings (SSSR count). The van der Waals surface area contributed by atoms with Gasteiger partial charge in [-0.3, -0.25) is 4.79 Å². The fourth-order valence-electron chi connectivity index (χ4n) is 1.68. The minimum Gasteiger partial charge on any atom is -0.369 e. The van der Waals surface area contributed by atoms with Crippen molar-refractivity contribution in [2.24, 2.45) is 5.73 Å². The Morgan fingerprint density at radius 3 is 2.92 bits per heavy atom. The summed E-state index contributed by atoms with van der Waals surface area (Å²) in [4.78, 5) is 13.3. The van der Waals surface area contributed by atoms with E-state index in [1.807, 2.05) is 4.90 Å². The lowest BCUT2D eigenvalue weighted by molar-refractivity contribution is -0.148. The van der Waals surface area contributed by atoms with Crippen LogP contribution in [0.3, 0.4) is 0 Å². The van der Waals surface area contributed by atoms with Gasteiger partial charge in [0, 0.05) is 12.6 Å². The van der Waals surface area contributed by atoms with Crippen molar-refractivity contribution in [1.82, 2.24) is 4.90 Å². The van der Waals surface area contributed by atoms with E-state index >= 15 is 0 Å². The number of nitrogens with zero attached hydrogens (tertiary/aromatic N) is 1. The molecule has 0 spiro atoms. The van der Waals surface area contributed by atoms with E-state index in [1.165, 1.54) is 0 Å². The minimum absolute atomic E-state index is 0.110. The van der Waals surface area contributed by atoms with Gasteiger partial charge in [-0.05, 0) is 12.8 Å². The molecule has 1 heterocycles. The normalized spacial score (nSPS) is 30.9. The Bertz CT molecular complexity index is 191. The van der Waals surface area contributed by atoms with Gasteiger partial charge in [-0.2, -0.15) is 0 Å². The van der Waals surface area contributed by atoms with E-state index in [-0.39, 0.29) is 18.6 Å². The molecule has 2 fully saturated rings. The van der Waals surface area contributed by atoms with Gasteiger partial charge in [0.15, 0.2) is 0 Å². The maximum absolute atomic E-state index is 11.4. The van der Waals surface area contributed by atoms with Crippen LogP contribution in [0.25, 0.3) is 0 Å². The molecule has 0 aromatic heterocycles. The smallest absolute Gasteiger partial charge is 0.249 e. The molecule has 1 amide bonds. The van der Waals surface area contributed by atoms with Crippen LogP contribution in [0, 0.1) is 0 Å². The summed E-state index contributed by atoms with van der Waals surface area (Å²) in [7, 11) is 0. The van der Waals surface area contributed by atoms with Crippen molar-refractivity contribution in [3.8, 4) is 0 Å². The van der Waals surface area contributed by atoms with E-state index in [1.54, 1.807) is 0 Å². The van der Waals surface area contributed by atoms with E-state index in [0.717, 1.165) is 12.8 Å². The summed E-state index contributed by atoms with van der Waals surface area (Å²) < 4.78 is 5.12. The van der Waals surface area contributed by atoms with Crippen LogP contribution in [0.2, 0.25) is 0 Å². The highest BCUT2D eigenvalue weighted by atomic mass is 16.5. The van der Waals surface area contributed by atoms with Crippen molar-refractivity contribution in [1.29, 1.82) is 0 Å². The highest BCUT2D eigenvalue weighted by molar-refractivity contribution is 5.79. The van der Waals surface area contributed by atoms with Crippen LogP contribution in [-0.4, -0.2) is 42.6 Å². The zero-order valence-electron chi connectivity index (χ0n) is 7.03. The number of amides is 1. The van der Waals surface area contributed by atoms with Gasteiger partial charge in [-0.1, -0.05) is 0 Å². The molecule has 4 nitrogen and oxygen atoms in total. The number of carbonyl (C=O) groups is 1. The molecule has 0 radical (unpaired) electrons. The summed E-state index contributed by atoms with van der Waals surface area (Å²) in [6.07, 6.45) is 2.28. The maximum Gasteiger partial charge on any atom is 0.249 e. The molecule has 68 valence electrons. The highest BCUT2D eigenvalue weighted by Crippen LogP contribution is 2.29. The van der Waals surface area contributed by atoms with Gasteiger partial charge in [0.1, 0.15) is 6.61 Å². The number of nitrogens with two attached hydrogens (primary N) is 1. The third kappa shape index (κ3) is 1.32. The second-order valence-corrected chi connectivity index (χ2v) is 3.44. The summed E-state index contributed by atoms with van der Waals surface area (Å²) in [5, 5.41) is 0. The molecule has 0 aromatic rings. The minimum atomic E-state index is 0.110. The average Bonchev–Trinajstić information content (AvgIpc) is 2.87. The van der Waals surface area contributed by atoms with Gasteiger partial charge in [-0.25, -0.2) is 0 Å². The van der Waals surface area contributed by atoms with Crippen LogP contribution in [0.1, 0.15) is 12.8 Å². The third-order valence-electron chi connectivity index (χ3n) is 2.43. The lowest BCUT2D eigenvalue weighted by Gasteiger charge is -2.34. The van der Waals surface area contributed by atoms with E-state index in [4.69, 9.17) is 10.5 Å².